The van der Waals surface area contributed by atoms with E-state index < -0.39 is 5.63 Å². The predicted octanol–water partition coefficient (Wildman–Crippen LogP) is 3.49. The van der Waals surface area contributed by atoms with Gasteiger partial charge in [0, 0.05) is 22.6 Å². The van der Waals surface area contributed by atoms with Gasteiger partial charge < -0.3 is 18.6 Å². The van der Waals surface area contributed by atoms with Crippen molar-refractivity contribution in [1.29, 1.82) is 0 Å². The Morgan fingerprint density at radius 1 is 0.826 bits per heavy atom. The molecule has 0 spiro atoms. The lowest BCUT2D eigenvalue weighted by Gasteiger charge is -2.13. The summed E-state index contributed by atoms with van der Waals surface area (Å²) in [4.78, 5) is 12.0. The third kappa shape index (κ3) is 2.50. The highest BCUT2D eigenvalue weighted by Crippen LogP contribution is 2.40. The number of fused-ring (bicyclic) bond motifs is 1. The molecule has 23 heavy (non-hydrogen) atoms. The zero-order valence-corrected chi connectivity index (χ0v) is 13.1. The highest BCUT2D eigenvalue weighted by molar-refractivity contribution is 5.98. The fourth-order valence-electron chi connectivity index (χ4n) is 2.63. The molecule has 0 atom stereocenters. The summed E-state index contributed by atoms with van der Waals surface area (Å²) >= 11 is 0. The first kappa shape index (κ1) is 15.0. The molecule has 0 saturated carbocycles. The van der Waals surface area contributed by atoms with Gasteiger partial charge in [0.15, 0.2) is 11.3 Å². The number of ether oxygens (including phenoxy) is 3. The molecule has 0 aliphatic heterocycles. The van der Waals surface area contributed by atoms with Gasteiger partial charge in [-0.2, -0.15) is 0 Å². The molecule has 2 aromatic carbocycles. The van der Waals surface area contributed by atoms with Crippen LogP contribution in [0.4, 0.5) is 0 Å². The van der Waals surface area contributed by atoms with Crippen molar-refractivity contribution in [2.75, 3.05) is 21.3 Å². The van der Waals surface area contributed by atoms with E-state index in [4.69, 9.17) is 18.6 Å². The summed E-state index contributed by atoms with van der Waals surface area (Å²) in [6.07, 6.45) is 0. The average molecular weight is 312 g/mol. The largest absolute Gasteiger partial charge is 0.496 e. The number of para-hydroxylation sites is 1. The van der Waals surface area contributed by atoms with Crippen molar-refractivity contribution in [3.05, 3.63) is 52.9 Å². The quantitative estimate of drug-likeness (QED) is 0.690. The van der Waals surface area contributed by atoms with Gasteiger partial charge in [-0.15, -0.1) is 0 Å². The van der Waals surface area contributed by atoms with E-state index in [0.717, 1.165) is 16.5 Å². The van der Waals surface area contributed by atoms with Crippen LogP contribution >= 0.6 is 0 Å². The average Bonchev–Trinajstić information content (AvgIpc) is 2.59. The van der Waals surface area contributed by atoms with Crippen molar-refractivity contribution in [2.45, 2.75) is 0 Å². The van der Waals surface area contributed by atoms with Crippen LogP contribution < -0.4 is 19.8 Å². The molecule has 0 radical (unpaired) electrons. The minimum Gasteiger partial charge on any atom is -0.496 e. The molecule has 0 N–H and O–H groups in total. The molecular weight excluding hydrogens is 296 g/mol. The first-order valence-corrected chi connectivity index (χ1v) is 7.01. The molecule has 0 unspecified atom stereocenters. The van der Waals surface area contributed by atoms with E-state index in [2.05, 4.69) is 0 Å². The van der Waals surface area contributed by atoms with Crippen LogP contribution in [0.3, 0.4) is 0 Å². The van der Waals surface area contributed by atoms with Gasteiger partial charge in [-0.05, 0) is 18.2 Å². The molecule has 1 heterocycles. The highest BCUT2D eigenvalue weighted by Gasteiger charge is 2.17. The van der Waals surface area contributed by atoms with Crippen molar-refractivity contribution in [2.24, 2.45) is 0 Å². The molecule has 5 nitrogen and oxygen atoms in total. The molecule has 0 aliphatic rings. The maximum absolute atomic E-state index is 12.0. The Labute approximate surface area is 133 Å². The summed E-state index contributed by atoms with van der Waals surface area (Å²) in [6, 6.07) is 12.6. The van der Waals surface area contributed by atoms with E-state index in [9.17, 15) is 4.79 Å². The van der Waals surface area contributed by atoms with Crippen LogP contribution in [0.1, 0.15) is 0 Å². The van der Waals surface area contributed by atoms with E-state index >= 15 is 0 Å². The van der Waals surface area contributed by atoms with Crippen molar-refractivity contribution >= 4 is 11.0 Å². The molecule has 0 aliphatic carbocycles. The zero-order chi connectivity index (χ0) is 16.4. The van der Waals surface area contributed by atoms with E-state index in [-0.39, 0.29) is 0 Å². The Morgan fingerprint density at radius 3 is 2.26 bits per heavy atom. The number of hydrogen-bond donors (Lipinski definition) is 0. The third-order valence-electron chi connectivity index (χ3n) is 3.65. The Balaban J connectivity index is 2.41. The lowest BCUT2D eigenvalue weighted by Crippen LogP contribution is -2.01. The monoisotopic (exact) mass is 312 g/mol. The molecule has 0 amide bonds. The minimum absolute atomic E-state index is 0.347. The molecule has 0 bridgehead atoms. The van der Waals surface area contributed by atoms with Crippen LogP contribution in [0.2, 0.25) is 0 Å². The van der Waals surface area contributed by atoms with E-state index in [1.54, 1.807) is 13.2 Å². The van der Waals surface area contributed by atoms with Gasteiger partial charge in [0.05, 0.1) is 21.3 Å². The Morgan fingerprint density at radius 2 is 1.57 bits per heavy atom. The number of hydrogen-bond acceptors (Lipinski definition) is 5. The summed E-state index contributed by atoms with van der Waals surface area (Å²) in [5, 5.41) is 0.742. The second-order valence-corrected chi connectivity index (χ2v) is 4.86. The first-order valence-electron chi connectivity index (χ1n) is 7.01. The van der Waals surface area contributed by atoms with Gasteiger partial charge in [0.25, 0.3) is 0 Å². The lowest BCUT2D eigenvalue weighted by atomic mass is 10.0. The molecule has 0 saturated heterocycles. The van der Waals surface area contributed by atoms with Crippen molar-refractivity contribution in [3.8, 4) is 28.4 Å². The third-order valence-corrected chi connectivity index (χ3v) is 3.65. The smallest absolute Gasteiger partial charge is 0.336 e. The van der Waals surface area contributed by atoms with Gasteiger partial charge in [-0.1, -0.05) is 18.2 Å². The molecule has 1 aromatic heterocycles. The van der Waals surface area contributed by atoms with Crippen molar-refractivity contribution < 1.29 is 18.6 Å². The van der Waals surface area contributed by atoms with Crippen LogP contribution in [0.5, 0.6) is 17.2 Å². The molecular formula is C18H16O5. The van der Waals surface area contributed by atoms with Crippen LogP contribution in [-0.4, -0.2) is 21.3 Å². The van der Waals surface area contributed by atoms with Crippen molar-refractivity contribution in [1.82, 2.24) is 0 Å². The molecule has 118 valence electrons. The molecule has 3 aromatic rings. The molecule has 0 fully saturated rings. The highest BCUT2D eigenvalue weighted by atomic mass is 16.5. The second kappa shape index (κ2) is 6.04. The van der Waals surface area contributed by atoms with Crippen LogP contribution in [0.25, 0.3) is 22.1 Å². The van der Waals surface area contributed by atoms with Gasteiger partial charge in [0.2, 0.25) is 5.75 Å². The zero-order valence-electron chi connectivity index (χ0n) is 13.1. The summed E-state index contributed by atoms with van der Waals surface area (Å²) in [5.74, 6) is 1.56. The van der Waals surface area contributed by atoms with Gasteiger partial charge in [-0.25, -0.2) is 4.79 Å². The van der Waals surface area contributed by atoms with E-state index in [1.165, 1.54) is 20.3 Å². The Hall–Kier alpha value is -2.95. The summed E-state index contributed by atoms with van der Waals surface area (Å²) < 4.78 is 21.4. The summed E-state index contributed by atoms with van der Waals surface area (Å²) in [6.45, 7) is 0. The van der Waals surface area contributed by atoms with Gasteiger partial charge in [-0.3, -0.25) is 0 Å². The topological polar surface area (TPSA) is 57.9 Å². The van der Waals surface area contributed by atoms with Crippen molar-refractivity contribution in [3.63, 3.8) is 0 Å². The maximum Gasteiger partial charge on any atom is 0.336 e. The normalized spacial score (nSPS) is 10.6. The first-order chi connectivity index (χ1) is 11.2. The minimum atomic E-state index is -0.468. The number of methoxy groups -OCH3 is 3. The Bertz CT molecular complexity index is 911. The second-order valence-electron chi connectivity index (χ2n) is 4.86. The summed E-state index contributed by atoms with van der Waals surface area (Å²) in [5.41, 5.74) is 1.40. The predicted molar refractivity (Wildman–Crippen MR) is 87.6 cm³/mol. The van der Waals surface area contributed by atoms with E-state index in [1.807, 2.05) is 30.3 Å². The lowest BCUT2D eigenvalue weighted by molar-refractivity contribution is 0.352. The van der Waals surface area contributed by atoms with E-state index in [0.29, 0.717) is 22.8 Å². The molecule has 5 heteroatoms. The Kier molecular flexibility index (Phi) is 3.93. The SMILES string of the molecule is COc1ccccc1-c1cc(=O)oc2c(OC)c(OC)ccc12. The fourth-order valence-corrected chi connectivity index (χ4v) is 2.63. The van der Waals surface area contributed by atoms with Gasteiger partial charge >= 0.3 is 5.63 Å². The standard InChI is InChI=1S/C18H16O5/c1-20-14-7-5-4-6-11(14)13-10-16(19)23-17-12(13)8-9-15(21-2)18(17)22-3/h4-10H,1-3H3. The number of benzene rings is 2. The van der Waals surface area contributed by atoms with Crippen LogP contribution in [0.15, 0.2) is 51.7 Å². The maximum atomic E-state index is 12.0. The summed E-state index contributed by atoms with van der Waals surface area (Å²) in [7, 11) is 4.63. The van der Waals surface area contributed by atoms with Crippen LogP contribution in [-0.2, 0) is 0 Å². The number of rotatable bonds is 4. The fraction of sp³-hybridized carbons (Fsp3) is 0.167. The molecule has 3 rings (SSSR count). The van der Waals surface area contributed by atoms with Gasteiger partial charge in [0.1, 0.15) is 5.75 Å². The van der Waals surface area contributed by atoms with Crippen LogP contribution in [0, 0.1) is 0 Å².